The predicted molar refractivity (Wildman–Crippen MR) is 114 cm³/mol. The van der Waals surface area contributed by atoms with Crippen molar-refractivity contribution in [1.82, 2.24) is 9.80 Å². The number of carbonyl (C=O) groups is 4. The molecule has 158 valence electrons. The minimum atomic E-state index is -0.811. The molecule has 0 N–H and O–H groups in total. The molecule has 2 atom stereocenters. The fourth-order valence-corrected chi connectivity index (χ4v) is 5.96. The molecule has 5 rings (SSSR count). The van der Waals surface area contributed by atoms with Crippen molar-refractivity contribution in [2.75, 3.05) is 0 Å². The first kappa shape index (κ1) is 19.7. The summed E-state index contributed by atoms with van der Waals surface area (Å²) in [6.07, 6.45) is 1.59. The highest BCUT2D eigenvalue weighted by Crippen LogP contribution is 2.48. The van der Waals surface area contributed by atoms with Crippen LogP contribution in [-0.4, -0.2) is 45.0 Å². The summed E-state index contributed by atoms with van der Waals surface area (Å²) < 4.78 is 0. The Morgan fingerprint density at radius 1 is 0.677 bits per heavy atom. The number of amides is 4. The van der Waals surface area contributed by atoms with E-state index in [1.807, 2.05) is 6.92 Å². The Kier molecular flexibility index (Phi) is 4.04. The van der Waals surface area contributed by atoms with E-state index in [0.717, 1.165) is 0 Å². The second-order valence-electron chi connectivity index (χ2n) is 9.92. The van der Waals surface area contributed by atoms with E-state index >= 15 is 0 Å². The van der Waals surface area contributed by atoms with Crippen LogP contribution in [-0.2, 0) is 0 Å². The first-order valence-electron chi connectivity index (χ1n) is 10.6. The molecule has 0 radical (unpaired) electrons. The van der Waals surface area contributed by atoms with E-state index in [-0.39, 0.29) is 29.0 Å². The van der Waals surface area contributed by atoms with Gasteiger partial charge in [-0.1, -0.05) is 38.1 Å². The van der Waals surface area contributed by atoms with E-state index in [4.69, 9.17) is 0 Å². The average molecular weight is 416 g/mol. The number of nitrogens with zero attached hydrogens (tertiary/aromatic N) is 2. The molecule has 2 aromatic carbocycles. The smallest absolute Gasteiger partial charge is 0.262 e. The maximum Gasteiger partial charge on any atom is 0.262 e. The lowest BCUT2D eigenvalue weighted by Gasteiger charge is -2.51. The molecule has 0 saturated heterocycles. The first-order chi connectivity index (χ1) is 14.6. The number of carbonyl (C=O) groups excluding carboxylic acids is 4. The van der Waals surface area contributed by atoms with Crippen LogP contribution in [0.2, 0.25) is 0 Å². The molecule has 1 saturated carbocycles. The maximum absolute atomic E-state index is 13.2. The number of fused-ring (bicyclic) bond motifs is 2. The van der Waals surface area contributed by atoms with Gasteiger partial charge in [-0.25, -0.2) is 0 Å². The summed E-state index contributed by atoms with van der Waals surface area (Å²) in [5.74, 6) is -1.20. The van der Waals surface area contributed by atoms with E-state index in [1.54, 1.807) is 48.5 Å². The van der Waals surface area contributed by atoms with Gasteiger partial charge in [-0.2, -0.15) is 0 Å². The highest BCUT2D eigenvalue weighted by atomic mass is 16.2. The summed E-state index contributed by atoms with van der Waals surface area (Å²) in [7, 11) is 0. The minimum absolute atomic E-state index is 0.275. The summed E-state index contributed by atoms with van der Waals surface area (Å²) in [5.41, 5.74) is 0.567. The van der Waals surface area contributed by atoms with Gasteiger partial charge in [0.1, 0.15) is 0 Å². The Morgan fingerprint density at radius 2 is 1.10 bits per heavy atom. The second kappa shape index (κ2) is 6.36. The van der Waals surface area contributed by atoms with Gasteiger partial charge in [0.25, 0.3) is 23.6 Å². The lowest BCUT2D eigenvalue weighted by molar-refractivity contribution is -0.00326. The molecule has 2 heterocycles. The van der Waals surface area contributed by atoms with Crippen LogP contribution in [0.25, 0.3) is 0 Å². The zero-order valence-electron chi connectivity index (χ0n) is 17.8. The van der Waals surface area contributed by atoms with Crippen molar-refractivity contribution >= 4 is 23.6 Å². The van der Waals surface area contributed by atoms with Gasteiger partial charge in [-0.15, -0.1) is 0 Å². The third-order valence-electron chi connectivity index (χ3n) is 6.85. The lowest BCUT2D eigenvalue weighted by atomic mass is 9.65. The van der Waals surface area contributed by atoms with Gasteiger partial charge < -0.3 is 0 Å². The molecule has 0 spiro atoms. The number of benzene rings is 2. The molecule has 0 bridgehead atoms. The van der Waals surface area contributed by atoms with Crippen molar-refractivity contribution in [3.05, 3.63) is 70.8 Å². The van der Waals surface area contributed by atoms with Gasteiger partial charge in [0.15, 0.2) is 0 Å². The monoisotopic (exact) mass is 416 g/mol. The summed E-state index contributed by atoms with van der Waals surface area (Å²) in [6.45, 7) is 6.03. The number of rotatable bonds is 2. The van der Waals surface area contributed by atoms with Crippen molar-refractivity contribution in [1.29, 1.82) is 0 Å². The highest BCUT2D eigenvalue weighted by molar-refractivity contribution is 6.22. The molecule has 0 aromatic heterocycles. The van der Waals surface area contributed by atoms with Gasteiger partial charge in [0, 0.05) is 6.04 Å². The SMILES string of the molecule is CC1(C)CC(N2C(=O)c3ccccc3C2=O)CC(C)(N2C(=O)c3ccccc3C2=O)C1. The molecule has 6 nitrogen and oxygen atoms in total. The number of hydrogen-bond acceptors (Lipinski definition) is 4. The molecule has 3 aliphatic rings. The van der Waals surface area contributed by atoms with Crippen LogP contribution >= 0.6 is 0 Å². The molecule has 4 amide bonds. The van der Waals surface area contributed by atoms with Crippen molar-refractivity contribution in [2.24, 2.45) is 5.41 Å². The van der Waals surface area contributed by atoms with Crippen LogP contribution in [0.1, 0.15) is 81.5 Å². The van der Waals surface area contributed by atoms with E-state index in [1.165, 1.54) is 9.80 Å². The van der Waals surface area contributed by atoms with Crippen LogP contribution in [0, 0.1) is 5.41 Å². The number of imide groups is 2. The normalized spacial score (nSPS) is 27.0. The zero-order chi connectivity index (χ0) is 22.1. The third-order valence-corrected chi connectivity index (χ3v) is 6.85. The summed E-state index contributed by atoms with van der Waals surface area (Å²) >= 11 is 0. The molecule has 2 aliphatic heterocycles. The van der Waals surface area contributed by atoms with E-state index in [9.17, 15) is 19.2 Å². The van der Waals surface area contributed by atoms with Crippen molar-refractivity contribution in [3.63, 3.8) is 0 Å². The third kappa shape index (κ3) is 2.77. The highest BCUT2D eigenvalue weighted by Gasteiger charge is 2.54. The van der Waals surface area contributed by atoms with Crippen LogP contribution in [0.3, 0.4) is 0 Å². The van der Waals surface area contributed by atoms with E-state index < -0.39 is 11.6 Å². The van der Waals surface area contributed by atoms with Gasteiger partial charge in [-0.3, -0.25) is 29.0 Å². The van der Waals surface area contributed by atoms with Crippen molar-refractivity contribution < 1.29 is 19.2 Å². The zero-order valence-corrected chi connectivity index (χ0v) is 17.8. The second-order valence-corrected chi connectivity index (χ2v) is 9.92. The molecule has 1 fully saturated rings. The standard InChI is InChI=1S/C25H24N2O4/c1-24(2)12-15(26-20(28)16-8-4-5-9-17(16)21(26)29)13-25(3,14-24)27-22(30)18-10-6-7-11-19(18)23(27)31/h4-11,15H,12-14H2,1-3H3. The molecule has 2 aromatic rings. The molecule has 6 heteroatoms. The predicted octanol–water partition coefficient (Wildman–Crippen LogP) is 3.92. The fraction of sp³-hybridized carbons (Fsp3) is 0.360. The molecule has 2 unspecified atom stereocenters. The Hall–Kier alpha value is -3.28. The number of hydrogen-bond donors (Lipinski definition) is 0. The Bertz CT molecular complexity index is 1100. The topological polar surface area (TPSA) is 74.8 Å². The molecular weight excluding hydrogens is 392 g/mol. The maximum atomic E-state index is 13.2. The van der Waals surface area contributed by atoms with Crippen LogP contribution in [0.5, 0.6) is 0 Å². The van der Waals surface area contributed by atoms with Gasteiger partial charge in [-0.05, 0) is 55.9 Å². The average Bonchev–Trinajstić information content (AvgIpc) is 3.12. The van der Waals surface area contributed by atoms with Crippen molar-refractivity contribution in [3.8, 4) is 0 Å². The molecular formula is C25H24N2O4. The lowest BCUT2D eigenvalue weighted by Crippen LogP contribution is -2.59. The van der Waals surface area contributed by atoms with Gasteiger partial charge in [0.05, 0.1) is 27.8 Å². The molecule has 31 heavy (non-hydrogen) atoms. The Balaban J connectivity index is 1.53. The van der Waals surface area contributed by atoms with E-state index in [0.29, 0.717) is 41.5 Å². The fourth-order valence-electron chi connectivity index (χ4n) is 5.96. The minimum Gasteiger partial charge on any atom is -0.271 e. The van der Waals surface area contributed by atoms with Crippen LogP contribution in [0.15, 0.2) is 48.5 Å². The Morgan fingerprint density at radius 3 is 1.55 bits per heavy atom. The van der Waals surface area contributed by atoms with Crippen molar-refractivity contribution in [2.45, 2.75) is 51.6 Å². The first-order valence-corrected chi connectivity index (χ1v) is 10.6. The Labute approximate surface area is 180 Å². The quantitative estimate of drug-likeness (QED) is 0.696. The summed E-state index contributed by atoms with van der Waals surface area (Å²) in [4.78, 5) is 55.4. The molecule has 1 aliphatic carbocycles. The summed E-state index contributed by atoms with van der Waals surface area (Å²) in [5, 5.41) is 0. The van der Waals surface area contributed by atoms with E-state index in [2.05, 4.69) is 13.8 Å². The van der Waals surface area contributed by atoms with Crippen LogP contribution < -0.4 is 0 Å². The van der Waals surface area contributed by atoms with Gasteiger partial charge in [0.2, 0.25) is 0 Å². The summed E-state index contributed by atoms with van der Waals surface area (Å²) in [6, 6.07) is 13.3. The van der Waals surface area contributed by atoms with Crippen LogP contribution in [0.4, 0.5) is 0 Å². The van der Waals surface area contributed by atoms with Gasteiger partial charge >= 0.3 is 0 Å². The largest absolute Gasteiger partial charge is 0.271 e.